The standard InChI is InChI=1S/C10H15BrO2S/c1-3-10(13,4-2)9(12)8-7(11)5-6-14-8/h5-6,9,12-13H,3-4H2,1-2H3. The largest absolute Gasteiger partial charge is 0.387 e. The van der Waals surface area contributed by atoms with Crippen LogP contribution >= 0.6 is 27.3 Å². The summed E-state index contributed by atoms with van der Waals surface area (Å²) >= 11 is 4.82. The molecule has 14 heavy (non-hydrogen) atoms. The van der Waals surface area contributed by atoms with E-state index in [4.69, 9.17) is 0 Å². The van der Waals surface area contributed by atoms with Crippen molar-refractivity contribution < 1.29 is 10.2 Å². The fraction of sp³-hybridized carbons (Fsp3) is 0.600. The maximum absolute atomic E-state index is 10.1. The maximum atomic E-state index is 10.1. The van der Waals surface area contributed by atoms with E-state index in [1.54, 1.807) is 0 Å². The van der Waals surface area contributed by atoms with Crippen LogP contribution in [0.5, 0.6) is 0 Å². The molecule has 1 aromatic heterocycles. The molecule has 1 atom stereocenters. The van der Waals surface area contributed by atoms with Gasteiger partial charge < -0.3 is 10.2 Å². The molecule has 0 bridgehead atoms. The zero-order valence-electron chi connectivity index (χ0n) is 8.33. The summed E-state index contributed by atoms with van der Waals surface area (Å²) in [5.74, 6) is 0. The van der Waals surface area contributed by atoms with Crippen molar-refractivity contribution in [3.8, 4) is 0 Å². The van der Waals surface area contributed by atoms with Gasteiger partial charge in [0.05, 0.1) is 10.5 Å². The van der Waals surface area contributed by atoms with Crippen molar-refractivity contribution in [2.45, 2.75) is 38.4 Å². The molecule has 2 nitrogen and oxygen atoms in total. The van der Waals surface area contributed by atoms with Crippen molar-refractivity contribution in [2.24, 2.45) is 0 Å². The normalized spacial score (nSPS) is 14.4. The molecule has 0 fully saturated rings. The van der Waals surface area contributed by atoms with Crippen molar-refractivity contribution in [3.63, 3.8) is 0 Å². The van der Waals surface area contributed by atoms with Crippen molar-refractivity contribution in [3.05, 3.63) is 20.8 Å². The summed E-state index contributed by atoms with van der Waals surface area (Å²) in [6.07, 6.45) is 0.302. The highest BCUT2D eigenvalue weighted by molar-refractivity contribution is 9.10. The van der Waals surface area contributed by atoms with Crippen LogP contribution in [0, 0.1) is 0 Å². The van der Waals surface area contributed by atoms with E-state index < -0.39 is 11.7 Å². The van der Waals surface area contributed by atoms with Crippen LogP contribution in [0.15, 0.2) is 15.9 Å². The molecule has 1 aromatic rings. The van der Waals surface area contributed by atoms with E-state index in [9.17, 15) is 10.2 Å². The second-order valence-electron chi connectivity index (χ2n) is 3.35. The van der Waals surface area contributed by atoms with E-state index in [1.165, 1.54) is 11.3 Å². The van der Waals surface area contributed by atoms with E-state index in [2.05, 4.69) is 15.9 Å². The van der Waals surface area contributed by atoms with Gasteiger partial charge in [0.25, 0.3) is 0 Å². The lowest BCUT2D eigenvalue weighted by atomic mass is 9.90. The number of halogens is 1. The molecule has 4 heteroatoms. The molecule has 0 spiro atoms. The minimum atomic E-state index is -1.01. The van der Waals surface area contributed by atoms with Gasteiger partial charge in [0.15, 0.2) is 0 Å². The highest BCUT2D eigenvalue weighted by Gasteiger charge is 2.34. The van der Waals surface area contributed by atoms with Crippen LogP contribution in [0.25, 0.3) is 0 Å². The lowest BCUT2D eigenvalue weighted by molar-refractivity contribution is -0.0807. The first-order valence-corrected chi connectivity index (χ1v) is 6.35. The molecule has 1 rings (SSSR count). The first-order valence-electron chi connectivity index (χ1n) is 4.68. The van der Waals surface area contributed by atoms with Crippen LogP contribution in [0.1, 0.15) is 37.7 Å². The van der Waals surface area contributed by atoms with Crippen LogP contribution in [0.4, 0.5) is 0 Å². The lowest BCUT2D eigenvalue weighted by Crippen LogP contribution is -2.34. The Morgan fingerprint density at radius 1 is 1.50 bits per heavy atom. The number of aliphatic hydroxyl groups excluding tert-OH is 1. The summed E-state index contributed by atoms with van der Waals surface area (Å²) in [4.78, 5) is 0.802. The quantitative estimate of drug-likeness (QED) is 0.889. The van der Waals surface area contributed by atoms with Gasteiger partial charge in [0.2, 0.25) is 0 Å². The van der Waals surface area contributed by atoms with Gasteiger partial charge in [-0.2, -0.15) is 0 Å². The molecular weight excluding hydrogens is 264 g/mol. The average molecular weight is 279 g/mol. The Morgan fingerprint density at radius 2 is 2.07 bits per heavy atom. The van der Waals surface area contributed by atoms with Gasteiger partial charge >= 0.3 is 0 Å². The maximum Gasteiger partial charge on any atom is 0.118 e. The van der Waals surface area contributed by atoms with E-state index in [0.717, 1.165) is 9.35 Å². The Balaban J connectivity index is 2.94. The predicted octanol–water partition coefficient (Wildman–Crippen LogP) is 3.10. The molecule has 0 radical (unpaired) electrons. The zero-order chi connectivity index (χ0) is 10.8. The summed E-state index contributed by atoms with van der Waals surface area (Å²) in [5, 5.41) is 22.1. The lowest BCUT2D eigenvalue weighted by Gasteiger charge is -2.30. The van der Waals surface area contributed by atoms with Gasteiger partial charge in [-0.25, -0.2) is 0 Å². The molecular formula is C10H15BrO2S. The number of thiophene rings is 1. The van der Waals surface area contributed by atoms with Crippen LogP contribution in [-0.2, 0) is 0 Å². The van der Waals surface area contributed by atoms with Crippen molar-refractivity contribution >= 4 is 27.3 Å². The Labute approximate surface area is 96.7 Å². The SMILES string of the molecule is CCC(O)(CC)C(O)c1sccc1Br. The first-order chi connectivity index (χ1) is 6.55. The fourth-order valence-corrected chi connectivity index (χ4v) is 3.07. The molecule has 0 saturated carbocycles. The summed E-state index contributed by atoms with van der Waals surface area (Å²) in [5.41, 5.74) is -1.01. The van der Waals surface area contributed by atoms with Crippen LogP contribution in [0.2, 0.25) is 0 Å². The van der Waals surface area contributed by atoms with Crippen LogP contribution in [0.3, 0.4) is 0 Å². The smallest absolute Gasteiger partial charge is 0.118 e. The number of hydrogen-bond donors (Lipinski definition) is 2. The molecule has 0 saturated heterocycles. The summed E-state index contributed by atoms with van der Waals surface area (Å²) in [6.45, 7) is 3.77. The number of rotatable bonds is 4. The third kappa shape index (κ3) is 2.19. The van der Waals surface area contributed by atoms with E-state index in [-0.39, 0.29) is 0 Å². The second kappa shape index (κ2) is 4.75. The van der Waals surface area contributed by atoms with Gasteiger partial charge in [-0.05, 0) is 40.2 Å². The molecule has 0 aliphatic carbocycles. The fourth-order valence-electron chi connectivity index (χ4n) is 1.38. The van der Waals surface area contributed by atoms with Gasteiger partial charge in [-0.1, -0.05) is 13.8 Å². The highest BCUT2D eigenvalue weighted by Crippen LogP contribution is 2.38. The van der Waals surface area contributed by atoms with Crippen molar-refractivity contribution in [1.29, 1.82) is 0 Å². The second-order valence-corrected chi connectivity index (χ2v) is 5.15. The van der Waals surface area contributed by atoms with Gasteiger partial charge in [-0.3, -0.25) is 0 Å². The zero-order valence-corrected chi connectivity index (χ0v) is 10.7. The predicted molar refractivity (Wildman–Crippen MR) is 62.5 cm³/mol. The van der Waals surface area contributed by atoms with Crippen molar-refractivity contribution in [1.82, 2.24) is 0 Å². The third-order valence-corrected chi connectivity index (χ3v) is 4.55. The highest BCUT2D eigenvalue weighted by atomic mass is 79.9. The number of aliphatic hydroxyl groups is 2. The molecule has 1 unspecified atom stereocenters. The summed E-state index contributed by atoms with van der Waals surface area (Å²) < 4.78 is 0.871. The van der Waals surface area contributed by atoms with Crippen LogP contribution < -0.4 is 0 Å². The first kappa shape index (κ1) is 12.2. The molecule has 0 amide bonds. The Morgan fingerprint density at radius 3 is 2.43 bits per heavy atom. The molecule has 0 aliphatic heterocycles. The van der Waals surface area contributed by atoms with Crippen LogP contribution in [-0.4, -0.2) is 15.8 Å². The van der Waals surface area contributed by atoms with E-state index in [0.29, 0.717) is 12.8 Å². The minimum absolute atomic E-state index is 0.551. The molecule has 1 heterocycles. The van der Waals surface area contributed by atoms with Gasteiger partial charge in [0, 0.05) is 4.47 Å². The Bertz CT molecular complexity index is 294. The van der Waals surface area contributed by atoms with E-state index in [1.807, 2.05) is 25.3 Å². The Hall–Kier alpha value is 0.100. The summed E-state index contributed by atoms with van der Waals surface area (Å²) in [6, 6.07) is 1.88. The minimum Gasteiger partial charge on any atom is -0.387 e. The number of hydrogen-bond acceptors (Lipinski definition) is 3. The topological polar surface area (TPSA) is 40.5 Å². The molecule has 0 aliphatic rings. The molecule has 2 N–H and O–H groups in total. The van der Waals surface area contributed by atoms with Crippen molar-refractivity contribution in [2.75, 3.05) is 0 Å². The van der Waals surface area contributed by atoms with Gasteiger partial charge in [-0.15, -0.1) is 11.3 Å². The van der Waals surface area contributed by atoms with Gasteiger partial charge in [0.1, 0.15) is 6.10 Å². The molecule has 0 aromatic carbocycles. The third-order valence-electron chi connectivity index (χ3n) is 2.63. The average Bonchev–Trinajstić information content (AvgIpc) is 2.62. The van der Waals surface area contributed by atoms with E-state index >= 15 is 0 Å². The monoisotopic (exact) mass is 278 g/mol. The Kier molecular flexibility index (Phi) is 4.13. The molecule has 80 valence electrons. The summed E-state index contributed by atoms with van der Waals surface area (Å²) in [7, 11) is 0.